The summed E-state index contributed by atoms with van der Waals surface area (Å²) in [6, 6.07) is 0.305. The van der Waals surface area contributed by atoms with E-state index < -0.39 is 0 Å². The van der Waals surface area contributed by atoms with Crippen molar-refractivity contribution < 1.29 is 4.74 Å². The van der Waals surface area contributed by atoms with Gasteiger partial charge in [-0.15, -0.1) is 0 Å². The molecular formula is C9H13ClN4O. The summed E-state index contributed by atoms with van der Waals surface area (Å²) in [6.07, 6.45) is 2.35. The molecule has 0 atom stereocenters. The van der Waals surface area contributed by atoms with Gasteiger partial charge in [-0.3, -0.25) is 0 Å². The molecule has 2 rings (SSSR count). The first-order valence-corrected chi connectivity index (χ1v) is 5.46. The highest BCUT2D eigenvalue weighted by molar-refractivity contribution is 6.28. The smallest absolute Gasteiger partial charge is 0.322 e. The third-order valence-electron chi connectivity index (χ3n) is 2.24. The van der Waals surface area contributed by atoms with E-state index in [9.17, 15) is 0 Å². The van der Waals surface area contributed by atoms with E-state index in [2.05, 4.69) is 19.9 Å². The number of hydrogen-bond acceptors (Lipinski definition) is 5. The lowest BCUT2D eigenvalue weighted by Gasteiger charge is -2.15. The van der Waals surface area contributed by atoms with Gasteiger partial charge >= 0.3 is 6.01 Å². The molecule has 0 spiro atoms. The Kier molecular flexibility index (Phi) is 3.20. The lowest BCUT2D eigenvalue weighted by Crippen LogP contribution is -2.21. The van der Waals surface area contributed by atoms with Crippen LogP contribution in [0.4, 0.5) is 5.95 Å². The van der Waals surface area contributed by atoms with Crippen molar-refractivity contribution in [3.8, 4) is 6.01 Å². The molecule has 0 unspecified atom stereocenters. The van der Waals surface area contributed by atoms with Crippen molar-refractivity contribution in [2.75, 3.05) is 24.6 Å². The van der Waals surface area contributed by atoms with E-state index in [1.807, 2.05) is 6.92 Å². The topological polar surface area (TPSA) is 51.1 Å². The fourth-order valence-electron chi connectivity index (χ4n) is 1.57. The van der Waals surface area contributed by atoms with E-state index in [0.717, 1.165) is 13.1 Å². The molecular weight excluding hydrogens is 216 g/mol. The number of rotatable bonds is 3. The van der Waals surface area contributed by atoms with Crippen molar-refractivity contribution >= 4 is 17.5 Å². The van der Waals surface area contributed by atoms with Gasteiger partial charge in [-0.2, -0.15) is 15.0 Å². The summed E-state index contributed by atoms with van der Waals surface area (Å²) in [5.41, 5.74) is 0. The summed E-state index contributed by atoms with van der Waals surface area (Å²) in [5.74, 6) is 0.621. The normalized spacial score (nSPS) is 15.7. The Balaban J connectivity index is 2.22. The summed E-state index contributed by atoms with van der Waals surface area (Å²) >= 11 is 5.80. The highest BCUT2D eigenvalue weighted by atomic mass is 35.5. The quantitative estimate of drug-likeness (QED) is 0.785. The maximum absolute atomic E-state index is 5.80. The van der Waals surface area contributed by atoms with Gasteiger partial charge in [0, 0.05) is 13.1 Å². The van der Waals surface area contributed by atoms with Gasteiger partial charge in [0.15, 0.2) is 0 Å². The van der Waals surface area contributed by atoms with Crippen LogP contribution in [0.3, 0.4) is 0 Å². The maximum Gasteiger partial charge on any atom is 0.322 e. The van der Waals surface area contributed by atoms with Gasteiger partial charge in [-0.1, -0.05) is 0 Å². The second-order valence-electron chi connectivity index (χ2n) is 3.31. The van der Waals surface area contributed by atoms with Crippen LogP contribution in [0.15, 0.2) is 0 Å². The van der Waals surface area contributed by atoms with Gasteiger partial charge in [0.25, 0.3) is 0 Å². The Morgan fingerprint density at radius 1 is 1.27 bits per heavy atom. The van der Waals surface area contributed by atoms with Crippen LogP contribution in [0.25, 0.3) is 0 Å². The molecule has 0 amide bonds. The van der Waals surface area contributed by atoms with Crippen LogP contribution in [-0.2, 0) is 0 Å². The molecule has 1 saturated heterocycles. The molecule has 6 heteroatoms. The summed E-state index contributed by atoms with van der Waals surface area (Å²) in [4.78, 5) is 14.3. The van der Waals surface area contributed by atoms with Crippen LogP contribution >= 0.6 is 11.6 Å². The van der Waals surface area contributed by atoms with Crippen LogP contribution in [0.2, 0.25) is 5.28 Å². The Bertz CT molecular complexity index is 341. The Morgan fingerprint density at radius 3 is 2.67 bits per heavy atom. The van der Waals surface area contributed by atoms with Crippen molar-refractivity contribution in [3.05, 3.63) is 5.28 Å². The van der Waals surface area contributed by atoms with E-state index in [4.69, 9.17) is 16.3 Å². The van der Waals surface area contributed by atoms with Crippen LogP contribution in [0.5, 0.6) is 6.01 Å². The summed E-state index contributed by atoms with van der Waals surface area (Å²) in [5, 5.41) is 0.190. The maximum atomic E-state index is 5.80. The molecule has 0 aromatic carbocycles. The first kappa shape index (κ1) is 10.4. The Morgan fingerprint density at radius 2 is 2.00 bits per heavy atom. The predicted octanol–water partition coefficient (Wildman–Crippen LogP) is 1.52. The number of halogens is 1. The van der Waals surface area contributed by atoms with E-state index in [0.29, 0.717) is 18.6 Å². The summed E-state index contributed by atoms with van der Waals surface area (Å²) in [7, 11) is 0. The number of nitrogens with zero attached hydrogens (tertiary/aromatic N) is 4. The van der Waals surface area contributed by atoms with Crippen molar-refractivity contribution in [1.82, 2.24) is 15.0 Å². The van der Waals surface area contributed by atoms with Crippen LogP contribution in [0.1, 0.15) is 19.8 Å². The first-order chi connectivity index (χ1) is 7.29. The third kappa shape index (κ3) is 2.47. The average Bonchev–Trinajstić information content (AvgIpc) is 2.70. The molecule has 5 nitrogen and oxygen atoms in total. The van der Waals surface area contributed by atoms with E-state index in [1.165, 1.54) is 12.8 Å². The molecule has 1 aromatic heterocycles. The highest BCUT2D eigenvalue weighted by Crippen LogP contribution is 2.19. The first-order valence-electron chi connectivity index (χ1n) is 5.09. The van der Waals surface area contributed by atoms with Gasteiger partial charge < -0.3 is 9.64 Å². The van der Waals surface area contributed by atoms with Gasteiger partial charge in [0.2, 0.25) is 11.2 Å². The molecule has 0 bridgehead atoms. The largest absolute Gasteiger partial charge is 0.464 e. The lowest BCUT2D eigenvalue weighted by molar-refractivity contribution is 0.311. The molecule has 1 aliphatic rings. The van der Waals surface area contributed by atoms with Crippen molar-refractivity contribution in [3.63, 3.8) is 0 Å². The Hall–Kier alpha value is -1.10. The van der Waals surface area contributed by atoms with E-state index in [1.54, 1.807) is 0 Å². The van der Waals surface area contributed by atoms with Crippen molar-refractivity contribution in [1.29, 1.82) is 0 Å². The molecule has 82 valence electrons. The zero-order chi connectivity index (χ0) is 10.7. The predicted molar refractivity (Wildman–Crippen MR) is 57.5 cm³/mol. The molecule has 0 radical (unpaired) electrons. The minimum absolute atomic E-state index is 0.190. The second-order valence-corrected chi connectivity index (χ2v) is 3.65. The average molecular weight is 229 g/mol. The Labute approximate surface area is 93.5 Å². The number of anilines is 1. The molecule has 0 aliphatic carbocycles. The van der Waals surface area contributed by atoms with Crippen LogP contribution < -0.4 is 9.64 Å². The zero-order valence-electron chi connectivity index (χ0n) is 8.61. The standard InChI is InChI=1S/C9H13ClN4O/c1-2-15-9-12-7(10)11-8(13-9)14-5-3-4-6-14/h2-6H2,1H3. The number of ether oxygens (including phenoxy) is 1. The van der Waals surface area contributed by atoms with Gasteiger partial charge in [0.1, 0.15) is 0 Å². The highest BCUT2D eigenvalue weighted by Gasteiger charge is 2.17. The monoisotopic (exact) mass is 228 g/mol. The molecule has 1 aromatic rings. The van der Waals surface area contributed by atoms with E-state index >= 15 is 0 Å². The fourth-order valence-corrected chi connectivity index (χ4v) is 1.72. The molecule has 2 heterocycles. The third-order valence-corrected chi connectivity index (χ3v) is 2.41. The second kappa shape index (κ2) is 4.61. The molecule has 1 aliphatic heterocycles. The molecule has 0 N–H and O–H groups in total. The van der Waals surface area contributed by atoms with Crippen molar-refractivity contribution in [2.45, 2.75) is 19.8 Å². The van der Waals surface area contributed by atoms with Gasteiger partial charge in [-0.25, -0.2) is 0 Å². The van der Waals surface area contributed by atoms with E-state index in [-0.39, 0.29) is 5.28 Å². The zero-order valence-corrected chi connectivity index (χ0v) is 9.37. The minimum Gasteiger partial charge on any atom is -0.464 e. The van der Waals surface area contributed by atoms with Crippen molar-refractivity contribution in [2.24, 2.45) is 0 Å². The van der Waals surface area contributed by atoms with Crippen LogP contribution in [-0.4, -0.2) is 34.6 Å². The van der Waals surface area contributed by atoms with Gasteiger partial charge in [-0.05, 0) is 31.4 Å². The van der Waals surface area contributed by atoms with Crippen LogP contribution in [0, 0.1) is 0 Å². The number of aromatic nitrogens is 3. The summed E-state index contributed by atoms with van der Waals surface area (Å²) in [6.45, 7) is 4.37. The fraction of sp³-hybridized carbons (Fsp3) is 0.667. The lowest BCUT2D eigenvalue weighted by atomic mass is 10.4. The molecule has 1 fully saturated rings. The molecule has 0 saturated carbocycles. The molecule has 15 heavy (non-hydrogen) atoms. The minimum atomic E-state index is 0.190. The van der Waals surface area contributed by atoms with Gasteiger partial charge in [0.05, 0.1) is 6.61 Å². The summed E-state index contributed by atoms with van der Waals surface area (Å²) < 4.78 is 5.21. The SMILES string of the molecule is CCOc1nc(Cl)nc(N2CCCC2)n1. The number of hydrogen-bond donors (Lipinski definition) is 0.